The van der Waals surface area contributed by atoms with Gasteiger partial charge in [0.25, 0.3) is 0 Å². The van der Waals surface area contributed by atoms with Gasteiger partial charge in [0, 0.05) is 40.2 Å². The van der Waals surface area contributed by atoms with E-state index in [1.165, 1.54) is 19.3 Å². The number of urea groups is 1. The van der Waals surface area contributed by atoms with Gasteiger partial charge in [-0.1, -0.05) is 6.42 Å². The highest BCUT2D eigenvalue weighted by molar-refractivity contribution is 5.76. The van der Waals surface area contributed by atoms with Crippen LogP contribution in [0.4, 0.5) is 4.79 Å². The second kappa shape index (κ2) is 9.21. The van der Waals surface area contributed by atoms with Crippen LogP contribution in [-0.2, 0) is 24.4 Å². The van der Waals surface area contributed by atoms with Gasteiger partial charge in [0.15, 0.2) is 0 Å². The molecule has 2 aliphatic heterocycles. The number of likely N-dealkylation sites (tertiary alicyclic amines) is 1. The van der Waals surface area contributed by atoms with E-state index in [1.807, 2.05) is 15.6 Å². The Kier molecular flexibility index (Phi) is 6.71. The third kappa shape index (κ3) is 5.45. The fraction of sp³-hybridized carbons (Fsp3) is 0.737. The van der Waals surface area contributed by atoms with E-state index in [9.17, 15) is 9.59 Å². The van der Waals surface area contributed by atoms with Gasteiger partial charge < -0.3 is 20.0 Å². The second-order valence-electron chi connectivity index (χ2n) is 7.73. The fourth-order valence-corrected chi connectivity index (χ4v) is 3.77. The normalized spacial score (nSPS) is 17.9. The molecule has 0 saturated carbocycles. The molecule has 0 unspecified atom stereocenters. The highest BCUT2D eigenvalue weighted by Gasteiger charge is 2.21. The number of fused-ring (bicyclic) bond motifs is 1. The molecular formula is C19H32N6O2. The Morgan fingerprint density at radius 3 is 2.63 bits per heavy atom. The standard InChI is InChI=1S/C19H32N6O2/c1-22(2)19(27)24-10-6-11-25-17(15-24)13-16(21-25)14-20-18(26)7-12-23-8-4-3-5-9-23/h13H,3-12,14-15H2,1-2H3,(H,20,26). The van der Waals surface area contributed by atoms with Gasteiger partial charge in [0.05, 0.1) is 24.5 Å². The zero-order valence-electron chi connectivity index (χ0n) is 16.6. The predicted molar refractivity (Wildman–Crippen MR) is 103 cm³/mol. The van der Waals surface area contributed by atoms with Crippen molar-refractivity contribution < 1.29 is 9.59 Å². The van der Waals surface area contributed by atoms with Crippen molar-refractivity contribution in [3.63, 3.8) is 0 Å². The van der Waals surface area contributed by atoms with E-state index in [0.717, 1.165) is 50.5 Å². The summed E-state index contributed by atoms with van der Waals surface area (Å²) in [6.07, 6.45) is 5.23. The van der Waals surface area contributed by atoms with Gasteiger partial charge in [-0.05, 0) is 38.4 Å². The Balaban J connectivity index is 1.48. The molecule has 0 radical (unpaired) electrons. The molecule has 0 aromatic carbocycles. The van der Waals surface area contributed by atoms with E-state index < -0.39 is 0 Å². The van der Waals surface area contributed by atoms with Crippen molar-refractivity contribution in [3.8, 4) is 0 Å². The number of piperidine rings is 1. The van der Waals surface area contributed by atoms with E-state index in [0.29, 0.717) is 19.5 Å². The number of aryl methyl sites for hydroxylation is 1. The van der Waals surface area contributed by atoms with Crippen LogP contribution in [-0.4, -0.2) is 76.7 Å². The van der Waals surface area contributed by atoms with Crippen molar-refractivity contribution in [2.24, 2.45) is 0 Å². The van der Waals surface area contributed by atoms with E-state index in [2.05, 4.69) is 15.3 Å². The lowest BCUT2D eigenvalue weighted by atomic mass is 10.1. The molecule has 0 spiro atoms. The molecule has 0 aliphatic carbocycles. The number of hydrogen-bond acceptors (Lipinski definition) is 4. The molecule has 1 aromatic rings. The predicted octanol–water partition coefficient (Wildman–Crippen LogP) is 1.26. The van der Waals surface area contributed by atoms with Gasteiger partial charge in [-0.25, -0.2) is 4.79 Å². The molecule has 150 valence electrons. The van der Waals surface area contributed by atoms with Gasteiger partial charge in [0.2, 0.25) is 5.91 Å². The maximum atomic E-state index is 12.2. The van der Waals surface area contributed by atoms with E-state index >= 15 is 0 Å². The summed E-state index contributed by atoms with van der Waals surface area (Å²) in [5, 5.41) is 7.60. The van der Waals surface area contributed by atoms with Gasteiger partial charge in [-0.15, -0.1) is 0 Å². The van der Waals surface area contributed by atoms with Gasteiger partial charge in [-0.2, -0.15) is 5.10 Å². The van der Waals surface area contributed by atoms with Crippen molar-refractivity contribution in [1.29, 1.82) is 0 Å². The van der Waals surface area contributed by atoms with E-state index in [1.54, 1.807) is 19.0 Å². The van der Waals surface area contributed by atoms with E-state index in [-0.39, 0.29) is 11.9 Å². The Hall–Kier alpha value is -2.09. The maximum Gasteiger partial charge on any atom is 0.319 e. The molecule has 8 nitrogen and oxygen atoms in total. The molecule has 3 heterocycles. The Morgan fingerprint density at radius 1 is 1.11 bits per heavy atom. The zero-order valence-corrected chi connectivity index (χ0v) is 16.6. The molecule has 27 heavy (non-hydrogen) atoms. The minimum absolute atomic E-state index is 0.0252. The van der Waals surface area contributed by atoms with Crippen molar-refractivity contribution in [1.82, 2.24) is 29.8 Å². The van der Waals surface area contributed by atoms with Crippen LogP contribution < -0.4 is 5.32 Å². The number of hydrogen-bond donors (Lipinski definition) is 1. The van der Waals surface area contributed by atoms with Crippen LogP contribution in [0.15, 0.2) is 6.07 Å². The number of aromatic nitrogens is 2. The third-order valence-electron chi connectivity index (χ3n) is 5.29. The number of carbonyl (C=O) groups excluding carboxylic acids is 2. The van der Waals surface area contributed by atoms with Crippen molar-refractivity contribution >= 4 is 11.9 Å². The molecule has 8 heteroatoms. The van der Waals surface area contributed by atoms with E-state index in [4.69, 9.17) is 0 Å². The number of nitrogens with one attached hydrogen (secondary N) is 1. The van der Waals surface area contributed by atoms with Gasteiger partial charge in [0.1, 0.15) is 0 Å². The van der Waals surface area contributed by atoms with Crippen LogP contribution in [0.3, 0.4) is 0 Å². The maximum absolute atomic E-state index is 12.2. The average molecular weight is 377 g/mol. The van der Waals surface area contributed by atoms with Crippen molar-refractivity contribution in [2.75, 3.05) is 40.3 Å². The average Bonchev–Trinajstić information content (AvgIpc) is 2.95. The van der Waals surface area contributed by atoms with Crippen LogP contribution in [0.2, 0.25) is 0 Å². The van der Waals surface area contributed by atoms with Crippen LogP contribution in [0.25, 0.3) is 0 Å². The fourth-order valence-electron chi connectivity index (χ4n) is 3.77. The summed E-state index contributed by atoms with van der Waals surface area (Å²) in [5.74, 6) is 0.0770. The summed E-state index contributed by atoms with van der Waals surface area (Å²) in [7, 11) is 3.55. The first-order valence-corrected chi connectivity index (χ1v) is 10.0. The molecule has 3 amide bonds. The largest absolute Gasteiger partial charge is 0.350 e. The minimum Gasteiger partial charge on any atom is -0.350 e. The highest BCUT2D eigenvalue weighted by Crippen LogP contribution is 2.15. The highest BCUT2D eigenvalue weighted by atomic mass is 16.2. The van der Waals surface area contributed by atoms with Gasteiger partial charge in [-0.3, -0.25) is 9.48 Å². The summed E-state index contributed by atoms with van der Waals surface area (Å²) in [6.45, 7) is 5.62. The molecule has 1 aromatic heterocycles. The minimum atomic E-state index is 0.0252. The lowest BCUT2D eigenvalue weighted by Gasteiger charge is -2.25. The monoisotopic (exact) mass is 376 g/mol. The molecule has 0 bridgehead atoms. The van der Waals surface area contributed by atoms with Crippen LogP contribution >= 0.6 is 0 Å². The summed E-state index contributed by atoms with van der Waals surface area (Å²) in [6, 6.07) is 2.03. The SMILES string of the molecule is CN(C)C(=O)N1CCCn2nc(CNC(=O)CCN3CCCCC3)cc2C1. The molecule has 1 fully saturated rings. The molecule has 3 rings (SSSR count). The van der Waals surface area contributed by atoms with Crippen LogP contribution in [0.5, 0.6) is 0 Å². The molecule has 1 saturated heterocycles. The quantitative estimate of drug-likeness (QED) is 0.840. The smallest absolute Gasteiger partial charge is 0.319 e. The summed E-state index contributed by atoms with van der Waals surface area (Å²) < 4.78 is 1.97. The Morgan fingerprint density at radius 2 is 1.89 bits per heavy atom. The number of carbonyl (C=O) groups is 2. The zero-order chi connectivity index (χ0) is 19.2. The second-order valence-corrected chi connectivity index (χ2v) is 7.73. The topological polar surface area (TPSA) is 73.7 Å². The molecule has 0 atom stereocenters. The molecular weight excluding hydrogens is 344 g/mol. The lowest BCUT2D eigenvalue weighted by molar-refractivity contribution is -0.121. The molecule has 2 aliphatic rings. The van der Waals surface area contributed by atoms with Crippen molar-refractivity contribution in [3.05, 3.63) is 17.5 Å². The Labute approximate surface area is 161 Å². The summed E-state index contributed by atoms with van der Waals surface area (Å²) in [5.41, 5.74) is 1.88. The third-order valence-corrected chi connectivity index (χ3v) is 5.29. The first-order chi connectivity index (χ1) is 13.0. The number of rotatable bonds is 5. The number of amides is 3. The lowest BCUT2D eigenvalue weighted by Crippen LogP contribution is -2.38. The first-order valence-electron chi connectivity index (χ1n) is 10.0. The van der Waals surface area contributed by atoms with Crippen molar-refractivity contribution in [2.45, 2.75) is 51.7 Å². The summed E-state index contributed by atoms with van der Waals surface area (Å²) in [4.78, 5) is 30.2. The Bertz CT molecular complexity index is 651. The molecule has 1 N–H and O–H groups in total. The van der Waals surface area contributed by atoms with Crippen LogP contribution in [0, 0.1) is 0 Å². The van der Waals surface area contributed by atoms with Crippen LogP contribution in [0.1, 0.15) is 43.5 Å². The number of nitrogens with zero attached hydrogens (tertiary/aromatic N) is 5. The first kappa shape index (κ1) is 19.7. The summed E-state index contributed by atoms with van der Waals surface area (Å²) >= 11 is 0. The van der Waals surface area contributed by atoms with Gasteiger partial charge >= 0.3 is 6.03 Å².